The molecule has 1 N–H and O–H groups in total. The average molecular weight is 427 g/mol. The van der Waals surface area contributed by atoms with Crippen molar-refractivity contribution in [2.75, 3.05) is 6.54 Å². The molecule has 0 spiro atoms. The smallest absolute Gasteiger partial charge is 0.242 e. The Kier molecular flexibility index (Phi) is 8.78. The van der Waals surface area contributed by atoms with Crippen molar-refractivity contribution >= 4 is 11.8 Å². The van der Waals surface area contributed by atoms with Crippen LogP contribution in [-0.2, 0) is 28.0 Å². The molecule has 0 saturated heterocycles. The lowest BCUT2D eigenvalue weighted by Gasteiger charge is -2.29. The Balaban J connectivity index is 2.13. The fourth-order valence-corrected chi connectivity index (χ4v) is 3.35. The molecule has 2 aromatic carbocycles. The lowest BCUT2D eigenvalue weighted by Crippen LogP contribution is -2.47. The van der Waals surface area contributed by atoms with Crippen molar-refractivity contribution in [3.63, 3.8) is 0 Å². The van der Waals surface area contributed by atoms with E-state index in [4.69, 9.17) is 0 Å². The minimum absolute atomic E-state index is 0.0647. The molecule has 0 saturated carbocycles. The van der Waals surface area contributed by atoms with E-state index in [-0.39, 0.29) is 36.0 Å². The molecule has 0 aliphatic rings. The highest BCUT2D eigenvalue weighted by Crippen LogP contribution is 2.23. The van der Waals surface area contributed by atoms with Crippen molar-refractivity contribution in [1.82, 2.24) is 10.2 Å². The first kappa shape index (κ1) is 24.6. The Morgan fingerprint density at radius 2 is 1.71 bits per heavy atom. The summed E-state index contributed by atoms with van der Waals surface area (Å²) in [5.41, 5.74) is 2.78. The number of nitrogens with one attached hydrogen (secondary N) is 1. The van der Waals surface area contributed by atoms with Crippen LogP contribution in [0.25, 0.3) is 0 Å². The van der Waals surface area contributed by atoms with Crippen molar-refractivity contribution < 1.29 is 14.0 Å². The molecule has 0 fully saturated rings. The van der Waals surface area contributed by atoms with Crippen molar-refractivity contribution in [3.05, 3.63) is 71.0 Å². The van der Waals surface area contributed by atoms with Crippen LogP contribution in [0.1, 0.15) is 64.2 Å². The van der Waals surface area contributed by atoms with Gasteiger partial charge in [0.05, 0.1) is 0 Å². The molecule has 0 aliphatic carbocycles. The van der Waals surface area contributed by atoms with Crippen LogP contribution in [0.2, 0.25) is 0 Å². The highest BCUT2D eigenvalue weighted by molar-refractivity contribution is 5.87. The standard InChI is InChI=1S/C26H35FN2O2/c1-6-17-28-25(31)19(2)29(18-21-9-7-8-10-23(21)27)24(30)16-13-20-11-14-22(15-12-20)26(3,4)5/h7-12,14-15,19H,6,13,16-18H2,1-5H3,(H,28,31)/t19-/m0/s1. The Hall–Kier alpha value is -2.69. The molecule has 0 heterocycles. The number of carbonyl (C=O) groups is 2. The van der Waals surface area contributed by atoms with Crippen molar-refractivity contribution in [3.8, 4) is 0 Å². The van der Waals surface area contributed by atoms with E-state index in [9.17, 15) is 14.0 Å². The quantitative estimate of drug-likeness (QED) is 0.613. The summed E-state index contributed by atoms with van der Waals surface area (Å²) in [6.07, 6.45) is 1.64. The van der Waals surface area contributed by atoms with Gasteiger partial charge in [-0.3, -0.25) is 9.59 Å². The number of nitrogens with zero attached hydrogens (tertiary/aromatic N) is 1. The lowest BCUT2D eigenvalue weighted by atomic mass is 9.86. The second-order valence-corrected chi connectivity index (χ2v) is 9.03. The van der Waals surface area contributed by atoms with Gasteiger partial charge in [0.15, 0.2) is 0 Å². The van der Waals surface area contributed by atoms with Crippen LogP contribution in [0.15, 0.2) is 48.5 Å². The second kappa shape index (κ2) is 11.1. The number of hydrogen-bond donors (Lipinski definition) is 1. The number of hydrogen-bond acceptors (Lipinski definition) is 2. The van der Waals surface area contributed by atoms with Crippen LogP contribution >= 0.6 is 0 Å². The Bertz CT molecular complexity index is 872. The highest BCUT2D eigenvalue weighted by Gasteiger charge is 2.26. The third-order valence-electron chi connectivity index (χ3n) is 5.46. The summed E-state index contributed by atoms with van der Waals surface area (Å²) in [7, 11) is 0. The van der Waals surface area contributed by atoms with E-state index in [0.29, 0.717) is 18.5 Å². The van der Waals surface area contributed by atoms with Crippen LogP contribution in [0.5, 0.6) is 0 Å². The predicted molar refractivity (Wildman–Crippen MR) is 123 cm³/mol. The fraction of sp³-hybridized carbons (Fsp3) is 0.462. The maximum absolute atomic E-state index is 14.2. The van der Waals surface area contributed by atoms with Crippen molar-refractivity contribution in [1.29, 1.82) is 0 Å². The lowest BCUT2D eigenvalue weighted by molar-refractivity contribution is -0.140. The number of rotatable bonds is 9. The molecule has 31 heavy (non-hydrogen) atoms. The van der Waals surface area contributed by atoms with Gasteiger partial charge in [-0.15, -0.1) is 0 Å². The summed E-state index contributed by atoms with van der Waals surface area (Å²) >= 11 is 0. The molecule has 5 heteroatoms. The van der Waals surface area contributed by atoms with E-state index in [1.54, 1.807) is 25.1 Å². The first-order valence-electron chi connectivity index (χ1n) is 11.0. The molecule has 0 aromatic heterocycles. The van der Waals surface area contributed by atoms with Gasteiger partial charge >= 0.3 is 0 Å². The highest BCUT2D eigenvalue weighted by atomic mass is 19.1. The van der Waals surface area contributed by atoms with Gasteiger partial charge in [-0.25, -0.2) is 4.39 Å². The van der Waals surface area contributed by atoms with E-state index in [0.717, 1.165) is 12.0 Å². The second-order valence-electron chi connectivity index (χ2n) is 9.03. The molecular formula is C26H35FN2O2. The third kappa shape index (κ3) is 7.20. The summed E-state index contributed by atoms with van der Waals surface area (Å²) in [4.78, 5) is 27.1. The summed E-state index contributed by atoms with van der Waals surface area (Å²) in [5.74, 6) is -0.761. The summed E-state index contributed by atoms with van der Waals surface area (Å²) in [5, 5.41) is 2.84. The number of benzene rings is 2. The first-order valence-corrected chi connectivity index (χ1v) is 11.0. The van der Waals surface area contributed by atoms with E-state index >= 15 is 0 Å². The van der Waals surface area contributed by atoms with E-state index < -0.39 is 6.04 Å². The topological polar surface area (TPSA) is 49.4 Å². The number of amides is 2. The average Bonchev–Trinajstić information content (AvgIpc) is 2.74. The zero-order valence-electron chi connectivity index (χ0n) is 19.4. The number of halogens is 1. The van der Waals surface area contributed by atoms with Crippen LogP contribution in [0, 0.1) is 5.82 Å². The van der Waals surface area contributed by atoms with Crippen molar-refractivity contribution in [2.24, 2.45) is 0 Å². The minimum atomic E-state index is -0.679. The van der Waals surface area contributed by atoms with Crippen LogP contribution in [-0.4, -0.2) is 29.3 Å². The van der Waals surface area contributed by atoms with Gasteiger partial charge in [0.25, 0.3) is 0 Å². The Labute approximate surface area is 185 Å². The van der Waals surface area contributed by atoms with Gasteiger partial charge in [0, 0.05) is 25.1 Å². The largest absolute Gasteiger partial charge is 0.354 e. The van der Waals surface area contributed by atoms with E-state index in [1.165, 1.54) is 16.5 Å². The molecule has 0 radical (unpaired) electrons. The molecule has 1 atom stereocenters. The third-order valence-corrected chi connectivity index (χ3v) is 5.46. The summed E-state index contributed by atoms with van der Waals surface area (Å²) in [6, 6.07) is 14.0. The van der Waals surface area contributed by atoms with E-state index in [1.807, 2.05) is 19.1 Å². The predicted octanol–water partition coefficient (Wildman–Crippen LogP) is 5.00. The number of aryl methyl sites for hydroxylation is 1. The van der Waals surface area contributed by atoms with Gasteiger partial charge in [-0.05, 0) is 42.4 Å². The zero-order valence-corrected chi connectivity index (χ0v) is 19.4. The molecule has 4 nitrogen and oxygen atoms in total. The molecule has 2 aromatic rings. The molecule has 0 unspecified atom stereocenters. The monoisotopic (exact) mass is 426 g/mol. The van der Waals surface area contributed by atoms with Gasteiger partial charge in [-0.2, -0.15) is 0 Å². The van der Waals surface area contributed by atoms with Crippen LogP contribution in [0.4, 0.5) is 4.39 Å². The maximum Gasteiger partial charge on any atom is 0.242 e. The normalized spacial score (nSPS) is 12.3. The van der Waals surface area contributed by atoms with Gasteiger partial charge in [0.2, 0.25) is 11.8 Å². The Morgan fingerprint density at radius 3 is 2.29 bits per heavy atom. The maximum atomic E-state index is 14.2. The van der Waals surface area contributed by atoms with Crippen LogP contribution < -0.4 is 5.32 Å². The fourth-order valence-electron chi connectivity index (χ4n) is 3.35. The summed E-state index contributed by atoms with van der Waals surface area (Å²) < 4.78 is 14.2. The molecule has 168 valence electrons. The number of carbonyl (C=O) groups excluding carboxylic acids is 2. The molecule has 0 aliphatic heterocycles. The zero-order chi connectivity index (χ0) is 23.0. The molecule has 0 bridgehead atoms. The molecule has 2 amide bonds. The van der Waals surface area contributed by atoms with E-state index in [2.05, 4.69) is 38.2 Å². The molecular weight excluding hydrogens is 391 g/mol. The van der Waals surface area contributed by atoms with Crippen molar-refractivity contribution in [2.45, 2.75) is 71.9 Å². The summed E-state index contributed by atoms with van der Waals surface area (Å²) in [6.45, 7) is 10.8. The first-order chi connectivity index (χ1) is 14.6. The van der Waals surface area contributed by atoms with Gasteiger partial charge in [-0.1, -0.05) is 70.2 Å². The Morgan fingerprint density at radius 1 is 1.06 bits per heavy atom. The van der Waals surface area contributed by atoms with Gasteiger partial charge in [0.1, 0.15) is 11.9 Å². The molecule has 2 rings (SSSR count). The minimum Gasteiger partial charge on any atom is -0.354 e. The van der Waals surface area contributed by atoms with Gasteiger partial charge < -0.3 is 10.2 Å². The SMILES string of the molecule is CCCNC(=O)[C@H](C)N(Cc1ccccc1F)C(=O)CCc1ccc(C(C)(C)C)cc1. The van der Waals surface area contributed by atoms with Crippen LogP contribution in [0.3, 0.4) is 0 Å².